The molecule has 104 heavy (non-hydrogen) atoms. The van der Waals surface area contributed by atoms with E-state index in [1.165, 1.54) is 212 Å². The van der Waals surface area contributed by atoms with E-state index in [4.69, 9.17) is 33.2 Å². The standard InChI is InChI=1S/C27H35FO2.C27H36O2.C19H32O2.C18H34.C5H12O/c1-3-4-5-6-7-8-9-10-11-12-21-30-27-20-17-24(22-26(27)28)14-13-23-15-18-25(29-2)19-16-23;1-3-4-5-6-7-8-9-10-11-12-23-29-27-21-17-25(18-22-27)14-13-24-15-19-26(28-2)20-16-24;1-3-4-5-6-7-8-9-10-11-12-17-21-19-15-13-18(20-2)14-16-19;1-3-4-5-6-16-9-13-18(14-10-16)17-11-7-15(2)8-12-17;1-5(2,3)6-4/h15-20,22H,3-12,21H2,1-2H3;15-22H,3-12,23H2,1-2H3;13-16H,3-12,17H2,1-2H3;15-18H,3-14H2,1-2H3;1-4H3. The van der Waals surface area contributed by atoms with E-state index in [1.807, 2.05) is 118 Å². The SMILES string of the molecule is CCCCCC1CCC(C2CCC(C)CC2)CC1.CCCCCCCCCCCCOc1ccc(C#Cc2ccc(OC)cc2)cc1.CCCCCCCCCCCCOc1ccc(C#Cc2ccc(OC)cc2)cc1F.CCCCCCCCCCCCOc1ccc(OC)cc1.COC(C)(C)C. The van der Waals surface area contributed by atoms with Gasteiger partial charge in [0.1, 0.15) is 28.7 Å². The van der Waals surface area contributed by atoms with Crippen LogP contribution in [-0.2, 0) is 4.74 Å². The molecule has 0 saturated heterocycles. The maximum Gasteiger partial charge on any atom is 0.166 e. The summed E-state index contributed by atoms with van der Waals surface area (Å²) in [6, 6.07) is 36.0. The molecule has 2 saturated carbocycles. The third kappa shape index (κ3) is 48.2. The van der Waals surface area contributed by atoms with Crippen molar-refractivity contribution in [1.82, 2.24) is 0 Å². The van der Waals surface area contributed by atoms with E-state index in [9.17, 15) is 4.39 Å². The first kappa shape index (κ1) is 92.1. The Kier molecular flexibility index (Phi) is 54.9. The summed E-state index contributed by atoms with van der Waals surface area (Å²) in [5, 5.41) is 0. The minimum absolute atomic E-state index is 0.0417. The van der Waals surface area contributed by atoms with Gasteiger partial charge in [-0.05, 0) is 205 Å². The van der Waals surface area contributed by atoms with Gasteiger partial charge in [0.25, 0.3) is 0 Å². The van der Waals surface area contributed by atoms with Crippen molar-refractivity contribution in [2.45, 2.75) is 331 Å². The first-order valence-electron chi connectivity index (χ1n) is 42.1. The average Bonchev–Trinajstić information content (AvgIpc) is 0.878. The molecule has 0 bridgehead atoms. The molecule has 0 aromatic heterocycles. The Hall–Kier alpha value is -6.09. The molecule has 7 nitrogen and oxygen atoms in total. The van der Waals surface area contributed by atoms with Crippen LogP contribution in [0.15, 0.2) is 115 Å². The highest BCUT2D eigenvalue weighted by atomic mass is 19.1. The maximum atomic E-state index is 14.3. The highest BCUT2D eigenvalue weighted by Gasteiger charge is 2.29. The van der Waals surface area contributed by atoms with Crippen LogP contribution in [0.2, 0.25) is 0 Å². The zero-order valence-corrected chi connectivity index (χ0v) is 68.3. The maximum absolute atomic E-state index is 14.3. The lowest BCUT2D eigenvalue weighted by molar-refractivity contribution is 0.0397. The fourth-order valence-electron chi connectivity index (χ4n) is 13.4. The lowest BCUT2D eigenvalue weighted by Gasteiger charge is -2.37. The number of rotatable bonds is 44. The monoisotopic (exact) mass is 1430 g/mol. The predicted molar refractivity (Wildman–Crippen MR) is 443 cm³/mol. The van der Waals surface area contributed by atoms with Gasteiger partial charge in [0, 0.05) is 29.4 Å². The van der Waals surface area contributed by atoms with E-state index >= 15 is 0 Å². The van der Waals surface area contributed by atoms with Crippen LogP contribution < -0.4 is 28.4 Å². The molecule has 0 unspecified atom stereocenters. The molecule has 5 aromatic rings. The highest BCUT2D eigenvalue weighted by Crippen LogP contribution is 2.42. The Bertz CT molecular complexity index is 2890. The topological polar surface area (TPSA) is 64.6 Å². The van der Waals surface area contributed by atoms with Crippen molar-refractivity contribution in [3.8, 4) is 58.2 Å². The zero-order valence-electron chi connectivity index (χ0n) is 68.3. The normalized spacial score (nSPS) is 15.2. The predicted octanol–water partition coefficient (Wildman–Crippen LogP) is 28.6. The van der Waals surface area contributed by atoms with E-state index in [0.717, 1.165) is 108 Å². The number of ether oxygens (including phenoxy) is 7. The molecule has 0 amide bonds. The third-order valence-electron chi connectivity index (χ3n) is 20.5. The molecule has 8 heteroatoms. The van der Waals surface area contributed by atoms with Gasteiger partial charge in [-0.1, -0.05) is 283 Å². The van der Waals surface area contributed by atoms with Gasteiger partial charge in [0.2, 0.25) is 0 Å². The van der Waals surface area contributed by atoms with E-state index in [0.29, 0.717) is 17.9 Å². The van der Waals surface area contributed by atoms with Gasteiger partial charge in [-0.25, -0.2) is 4.39 Å². The summed E-state index contributed by atoms with van der Waals surface area (Å²) in [5.74, 6) is 21.1. The Balaban J connectivity index is 0.000000356. The molecule has 0 N–H and O–H groups in total. The van der Waals surface area contributed by atoms with Crippen LogP contribution in [0.5, 0.6) is 34.5 Å². The second-order valence-corrected chi connectivity index (χ2v) is 30.5. The number of benzene rings is 5. The molecule has 2 aliphatic rings. The first-order chi connectivity index (χ1) is 50.8. The van der Waals surface area contributed by atoms with Gasteiger partial charge in [-0.15, -0.1) is 0 Å². The number of hydrogen-bond acceptors (Lipinski definition) is 7. The number of halogens is 1. The quantitative estimate of drug-likeness (QED) is 0.0284. The largest absolute Gasteiger partial charge is 0.497 e. The Morgan fingerprint density at radius 2 is 0.596 bits per heavy atom. The highest BCUT2D eigenvalue weighted by molar-refractivity contribution is 5.47. The smallest absolute Gasteiger partial charge is 0.166 e. The van der Waals surface area contributed by atoms with Crippen LogP contribution in [0.1, 0.15) is 347 Å². The summed E-state index contributed by atoms with van der Waals surface area (Å²) in [6.07, 6.45) is 58.0. The van der Waals surface area contributed by atoms with Crippen LogP contribution in [0.4, 0.5) is 4.39 Å². The molecule has 7 rings (SSSR count). The van der Waals surface area contributed by atoms with Crippen molar-refractivity contribution < 1.29 is 37.5 Å². The van der Waals surface area contributed by atoms with Gasteiger partial charge >= 0.3 is 0 Å². The molecule has 2 aliphatic carbocycles. The van der Waals surface area contributed by atoms with Crippen molar-refractivity contribution in [2.75, 3.05) is 48.3 Å². The summed E-state index contributed by atoms with van der Waals surface area (Å²) in [6.45, 7) is 19.8. The zero-order chi connectivity index (χ0) is 75.2. The van der Waals surface area contributed by atoms with Gasteiger partial charge < -0.3 is 33.2 Å². The minimum Gasteiger partial charge on any atom is -0.497 e. The summed E-state index contributed by atoms with van der Waals surface area (Å²) >= 11 is 0. The molecule has 0 spiro atoms. The van der Waals surface area contributed by atoms with Crippen molar-refractivity contribution in [3.05, 3.63) is 143 Å². The first-order valence-corrected chi connectivity index (χ1v) is 42.1. The van der Waals surface area contributed by atoms with E-state index in [1.54, 1.807) is 79.1 Å². The summed E-state index contributed by atoms with van der Waals surface area (Å²) < 4.78 is 51.8. The van der Waals surface area contributed by atoms with Crippen LogP contribution in [0, 0.1) is 53.2 Å². The van der Waals surface area contributed by atoms with E-state index in [2.05, 4.69) is 58.3 Å². The lowest BCUT2D eigenvalue weighted by Crippen LogP contribution is -2.25. The van der Waals surface area contributed by atoms with Gasteiger partial charge in [0.15, 0.2) is 11.6 Å². The van der Waals surface area contributed by atoms with Crippen LogP contribution in [0.25, 0.3) is 0 Å². The van der Waals surface area contributed by atoms with E-state index < -0.39 is 0 Å². The number of unbranched alkanes of at least 4 members (excludes halogenated alkanes) is 29. The molecular weight excluding hydrogens is 1280 g/mol. The van der Waals surface area contributed by atoms with Crippen molar-refractivity contribution in [3.63, 3.8) is 0 Å². The summed E-state index contributed by atoms with van der Waals surface area (Å²) in [7, 11) is 6.68. The molecule has 2 fully saturated rings. The molecule has 0 atom stereocenters. The van der Waals surface area contributed by atoms with Crippen molar-refractivity contribution in [1.29, 1.82) is 0 Å². The van der Waals surface area contributed by atoms with Crippen LogP contribution in [-0.4, -0.2) is 53.9 Å². The van der Waals surface area contributed by atoms with Crippen molar-refractivity contribution >= 4 is 0 Å². The molecule has 0 radical (unpaired) electrons. The van der Waals surface area contributed by atoms with Gasteiger partial charge in [0.05, 0.1) is 46.8 Å². The third-order valence-corrected chi connectivity index (χ3v) is 20.5. The molecule has 5 aromatic carbocycles. The lowest BCUT2D eigenvalue weighted by atomic mass is 9.69. The van der Waals surface area contributed by atoms with Crippen LogP contribution in [0.3, 0.4) is 0 Å². The van der Waals surface area contributed by atoms with E-state index in [-0.39, 0.29) is 11.4 Å². The van der Waals surface area contributed by atoms with Gasteiger partial charge in [-0.2, -0.15) is 0 Å². The number of methoxy groups -OCH3 is 4. The molecular formula is C96H149FO7. The second kappa shape index (κ2) is 62.0. The number of hydrogen-bond donors (Lipinski definition) is 0. The van der Waals surface area contributed by atoms with Crippen molar-refractivity contribution in [2.24, 2.45) is 23.7 Å². The molecule has 0 heterocycles. The molecule has 0 aliphatic heterocycles. The fourth-order valence-corrected chi connectivity index (χ4v) is 13.4. The Morgan fingerprint density at radius 1 is 0.327 bits per heavy atom. The van der Waals surface area contributed by atoms with Gasteiger partial charge in [-0.3, -0.25) is 0 Å². The Labute approximate surface area is 638 Å². The fraction of sp³-hybridized carbons (Fsp3) is 0.646. The molecule has 582 valence electrons. The Morgan fingerprint density at radius 3 is 0.923 bits per heavy atom. The summed E-state index contributed by atoms with van der Waals surface area (Å²) in [5.41, 5.74) is 3.51. The second-order valence-electron chi connectivity index (χ2n) is 30.5. The average molecular weight is 1430 g/mol. The summed E-state index contributed by atoms with van der Waals surface area (Å²) in [4.78, 5) is 0. The minimum atomic E-state index is -0.358. The van der Waals surface area contributed by atoms with Crippen LogP contribution >= 0.6 is 0 Å².